The summed E-state index contributed by atoms with van der Waals surface area (Å²) < 4.78 is 13.7. The molecule has 0 amide bonds. The summed E-state index contributed by atoms with van der Waals surface area (Å²) in [5, 5.41) is 10.2. The Kier molecular flexibility index (Phi) is 2.70. The van der Waals surface area contributed by atoms with Gasteiger partial charge in [-0.25, -0.2) is 4.39 Å². The van der Waals surface area contributed by atoms with Crippen molar-refractivity contribution in [2.24, 2.45) is 0 Å². The third-order valence-electron chi connectivity index (χ3n) is 3.07. The van der Waals surface area contributed by atoms with Crippen molar-refractivity contribution in [1.29, 1.82) is 5.26 Å². The number of hydrogen-bond donors (Lipinski definition) is 0. The van der Waals surface area contributed by atoms with Crippen molar-refractivity contribution in [1.82, 2.24) is 4.98 Å². The zero-order chi connectivity index (χ0) is 13.2. The van der Waals surface area contributed by atoms with Gasteiger partial charge in [0.1, 0.15) is 5.82 Å². The van der Waals surface area contributed by atoms with E-state index in [1.54, 1.807) is 30.5 Å². The smallest absolute Gasteiger partial charge is 0.132 e. The first-order valence-corrected chi connectivity index (χ1v) is 5.82. The second-order valence-corrected chi connectivity index (χ2v) is 4.21. The Hall–Kier alpha value is -2.73. The Labute approximate surface area is 109 Å². The highest BCUT2D eigenvalue weighted by atomic mass is 19.1. The van der Waals surface area contributed by atoms with E-state index < -0.39 is 0 Å². The van der Waals surface area contributed by atoms with Crippen molar-refractivity contribution < 1.29 is 4.39 Å². The number of nitriles is 1. The first kappa shape index (κ1) is 11.4. The van der Waals surface area contributed by atoms with Crippen LogP contribution in [0.5, 0.6) is 0 Å². The number of halogens is 1. The Morgan fingerprint density at radius 2 is 1.95 bits per heavy atom. The van der Waals surface area contributed by atoms with Gasteiger partial charge >= 0.3 is 0 Å². The fraction of sp³-hybridized carbons (Fsp3) is 0. The quantitative estimate of drug-likeness (QED) is 0.654. The lowest BCUT2D eigenvalue weighted by Gasteiger charge is -2.07. The van der Waals surface area contributed by atoms with Crippen molar-refractivity contribution in [3.8, 4) is 17.2 Å². The maximum atomic E-state index is 13.7. The molecule has 0 saturated carbocycles. The molecule has 0 bridgehead atoms. The predicted octanol–water partition coefficient (Wildman–Crippen LogP) is 3.91. The molecule has 3 aromatic rings. The Morgan fingerprint density at radius 3 is 2.79 bits per heavy atom. The normalized spacial score (nSPS) is 10.3. The highest BCUT2D eigenvalue weighted by molar-refractivity contribution is 5.96. The van der Waals surface area contributed by atoms with Gasteiger partial charge in [0.2, 0.25) is 0 Å². The molecule has 0 unspecified atom stereocenters. The van der Waals surface area contributed by atoms with E-state index in [0.717, 1.165) is 16.5 Å². The average molecular weight is 248 g/mol. The summed E-state index contributed by atoms with van der Waals surface area (Å²) in [5.41, 5.74) is 2.38. The number of benzene rings is 2. The Bertz CT molecular complexity index is 803. The van der Waals surface area contributed by atoms with Crippen LogP contribution in [0.1, 0.15) is 5.56 Å². The molecule has 19 heavy (non-hydrogen) atoms. The average Bonchev–Trinajstić information content (AvgIpc) is 2.48. The zero-order valence-corrected chi connectivity index (χ0v) is 9.97. The van der Waals surface area contributed by atoms with Gasteiger partial charge in [-0.2, -0.15) is 5.26 Å². The maximum absolute atomic E-state index is 13.7. The van der Waals surface area contributed by atoms with Crippen LogP contribution >= 0.6 is 0 Å². The van der Waals surface area contributed by atoms with Gasteiger partial charge in [0, 0.05) is 17.8 Å². The monoisotopic (exact) mass is 248 g/mol. The molecule has 2 nitrogen and oxygen atoms in total. The van der Waals surface area contributed by atoms with Gasteiger partial charge in [-0.1, -0.05) is 18.2 Å². The Morgan fingerprint density at radius 1 is 1.05 bits per heavy atom. The second kappa shape index (κ2) is 4.51. The largest absolute Gasteiger partial charge is 0.264 e. The van der Waals surface area contributed by atoms with Gasteiger partial charge < -0.3 is 0 Å². The standard InChI is InChI=1S/C16H9FN2/c17-16-5-4-13(14-6-7-19-10-15(14)16)12-3-1-2-11(8-12)9-18/h1-8,10H. The molecule has 90 valence electrons. The van der Waals surface area contributed by atoms with E-state index in [-0.39, 0.29) is 5.82 Å². The molecule has 0 aliphatic carbocycles. The summed E-state index contributed by atoms with van der Waals surface area (Å²) in [4.78, 5) is 3.95. The lowest BCUT2D eigenvalue weighted by atomic mass is 9.98. The fourth-order valence-electron chi connectivity index (χ4n) is 2.16. The molecule has 0 aliphatic rings. The van der Waals surface area contributed by atoms with E-state index in [1.165, 1.54) is 12.3 Å². The summed E-state index contributed by atoms with van der Waals surface area (Å²) in [5.74, 6) is -0.289. The third-order valence-corrected chi connectivity index (χ3v) is 3.07. The summed E-state index contributed by atoms with van der Waals surface area (Å²) in [7, 11) is 0. The third kappa shape index (κ3) is 1.94. The second-order valence-electron chi connectivity index (χ2n) is 4.21. The van der Waals surface area contributed by atoms with Crippen LogP contribution < -0.4 is 0 Å². The predicted molar refractivity (Wildman–Crippen MR) is 71.9 cm³/mol. The number of aromatic nitrogens is 1. The molecule has 1 heterocycles. The van der Waals surface area contributed by atoms with Gasteiger partial charge in [-0.05, 0) is 40.8 Å². The molecule has 2 aromatic carbocycles. The lowest BCUT2D eigenvalue weighted by molar-refractivity contribution is 0.639. The topological polar surface area (TPSA) is 36.7 Å². The summed E-state index contributed by atoms with van der Waals surface area (Å²) >= 11 is 0. The summed E-state index contributed by atoms with van der Waals surface area (Å²) in [6.45, 7) is 0. The van der Waals surface area contributed by atoms with Crippen molar-refractivity contribution >= 4 is 10.8 Å². The highest BCUT2D eigenvalue weighted by Gasteiger charge is 2.08. The SMILES string of the molecule is N#Cc1cccc(-c2ccc(F)c3cnccc23)c1. The van der Waals surface area contributed by atoms with Crippen molar-refractivity contribution in [2.45, 2.75) is 0 Å². The van der Waals surface area contributed by atoms with Crippen molar-refractivity contribution in [2.75, 3.05) is 0 Å². The molecule has 1 aromatic heterocycles. The number of rotatable bonds is 1. The van der Waals surface area contributed by atoms with E-state index in [4.69, 9.17) is 5.26 Å². The van der Waals surface area contributed by atoms with Gasteiger partial charge in [0.25, 0.3) is 0 Å². The van der Waals surface area contributed by atoms with Crippen LogP contribution in [-0.4, -0.2) is 4.98 Å². The number of pyridine rings is 1. The Balaban J connectivity index is 2.31. The van der Waals surface area contributed by atoms with Crippen LogP contribution in [0.15, 0.2) is 54.9 Å². The molecular weight excluding hydrogens is 239 g/mol. The number of hydrogen-bond acceptors (Lipinski definition) is 2. The van der Waals surface area contributed by atoms with Gasteiger partial charge in [0.15, 0.2) is 0 Å². The number of nitrogens with zero attached hydrogens (tertiary/aromatic N) is 2. The van der Waals surface area contributed by atoms with E-state index >= 15 is 0 Å². The van der Waals surface area contributed by atoms with Crippen LogP contribution in [-0.2, 0) is 0 Å². The molecule has 0 spiro atoms. The van der Waals surface area contributed by atoms with Crippen LogP contribution in [0, 0.1) is 17.1 Å². The van der Waals surface area contributed by atoms with Gasteiger partial charge in [0.05, 0.1) is 11.6 Å². The van der Waals surface area contributed by atoms with E-state index in [0.29, 0.717) is 10.9 Å². The molecule has 0 aliphatic heterocycles. The summed E-state index contributed by atoms with van der Waals surface area (Å²) in [6.07, 6.45) is 3.15. The minimum Gasteiger partial charge on any atom is -0.264 e. The molecule has 0 atom stereocenters. The molecule has 0 fully saturated rings. The fourth-order valence-corrected chi connectivity index (χ4v) is 2.16. The maximum Gasteiger partial charge on any atom is 0.132 e. The van der Waals surface area contributed by atoms with E-state index in [9.17, 15) is 4.39 Å². The summed E-state index contributed by atoms with van der Waals surface area (Å²) in [6, 6.07) is 14.3. The molecule has 3 rings (SSSR count). The molecule has 0 radical (unpaired) electrons. The molecule has 0 N–H and O–H groups in total. The van der Waals surface area contributed by atoms with Crippen LogP contribution in [0.25, 0.3) is 21.9 Å². The molecular formula is C16H9FN2. The van der Waals surface area contributed by atoms with E-state index in [2.05, 4.69) is 11.1 Å². The van der Waals surface area contributed by atoms with Crippen LogP contribution in [0.2, 0.25) is 0 Å². The number of fused-ring (bicyclic) bond motifs is 1. The first-order valence-electron chi connectivity index (χ1n) is 5.82. The zero-order valence-electron chi connectivity index (χ0n) is 9.97. The van der Waals surface area contributed by atoms with Crippen molar-refractivity contribution in [3.63, 3.8) is 0 Å². The minimum atomic E-state index is -0.289. The van der Waals surface area contributed by atoms with Crippen LogP contribution in [0.3, 0.4) is 0 Å². The lowest BCUT2D eigenvalue weighted by Crippen LogP contribution is -1.87. The highest BCUT2D eigenvalue weighted by Crippen LogP contribution is 2.30. The van der Waals surface area contributed by atoms with Gasteiger partial charge in [-0.3, -0.25) is 4.98 Å². The first-order chi connectivity index (χ1) is 9.29. The molecule has 3 heteroatoms. The van der Waals surface area contributed by atoms with Gasteiger partial charge in [-0.15, -0.1) is 0 Å². The van der Waals surface area contributed by atoms with Crippen molar-refractivity contribution in [3.05, 3.63) is 66.2 Å². The minimum absolute atomic E-state index is 0.289. The van der Waals surface area contributed by atoms with E-state index in [1.807, 2.05) is 12.1 Å². The van der Waals surface area contributed by atoms with Crippen LogP contribution in [0.4, 0.5) is 4.39 Å². The molecule has 0 saturated heterocycles.